The quantitative estimate of drug-likeness (QED) is 0.748. The van der Waals surface area contributed by atoms with E-state index < -0.39 is 10.9 Å². The summed E-state index contributed by atoms with van der Waals surface area (Å²) >= 11 is -0.106. The van der Waals surface area contributed by atoms with Crippen molar-refractivity contribution in [2.24, 2.45) is 5.41 Å². The summed E-state index contributed by atoms with van der Waals surface area (Å²) in [6.45, 7) is 3.39. The molecular weight excluding hydrogens is 253 g/mol. The zero-order valence-corrected chi connectivity index (χ0v) is 10.5. The number of halogens is 3. The lowest BCUT2D eigenvalue weighted by Gasteiger charge is -2.25. The van der Waals surface area contributed by atoms with Gasteiger partial charge in [0.15, 0.2) is 0 Å². The lowest BCUT2D eigenvalue weighted by Crippen LogP contribution is -2.43. The van der Waals surface area contributed by atoms with E-state index in [9.17, 15) is 18.0 Å². The van der Waals surface area contributed by atoms with E-state index in [0.717, 1.165) is 13.0 Å². The van der Waals surface area contributed by atoms with Crippen LogP contribution < -0.4 is 10.6 Å². The van der Waals surface area contributed by atoms with E-state index in [4.69, 9.17) is 0 Å². The molecule has 0 radical (unpaired) electrons. The summed E-state index contributed by atoms with van der Waals surface area (Å²) in [6, 6.07) is 0. The third kappa shape index (κ3) is 4.39. The molecule has 1 heterocycles. The Morgan fingerprint density at radius 3 is 2.71 bits per heavy atom. The zero-order chi connectivity index (χ0) is 12.9. The third-order valence-corrected chi connectivity index (χ3v) is 3.79. The highest BCUT2D eigenvalue weighted by Crippen LogP contribution is 2.31. The number of carbonyl (C=O) groups is 1. The van der Waals surface area contributed by atoms with Crippen LogP contribution in [0.5, 0.6) is 0 Å². The maximum Gasteiger partial charge on any atom is 0.441 e. The normalized spacial score (nSPS) is 24.9. The van der Waals surface area contributed by atoms with Crippen molar-refractivity contribution in [2.75, 3.05) is 25.4 Å². The van der Waals surface area contributed by atoms with Crippen molar-refractivity contribution >= 4 is 17.7 Å². The van der Waals surface area contributed by atoms with E-state index in [0.29, 0.717) is 13.0 Å². The van der Waals surface area contributed by atoms with Crippen LogP contribution in [-0.4, -0.2) is 36.8 Å². The van der Waals surface area contributed by atoms with Gasteiger partial charge in [-0.1, -0.05) is 6.92 Å². The van der Waals surface area contributed by atoms with Crippen molar-refractivity contribution in [1.82, 2.24) is 10.6 Å². The Kier molecular flexibility index (Phi) is 5.12. The van der Waals surface area contributed by atoms with Crippen LogP contribution in [0.2, 0.25) is 0 Å². The topological polar surface area (TPSA) is 41.1 Å². The molecule has 2 N–H and O–H groups in total. The van der Waals surface area contributed by atoms with E-state index >= 15 is 0 Å². The van der Waals surface area contributed by atoms with Gasteiger partial charge in [0.25, 0.3) is 0 Å². The molecule has 0 aromatic rings. The van der Waals surface area contributed by atoms with Crippen LogP contribution in [0, 0.1) is 5.41 Å². The van der Waals surface area contributed by atoms with Crippen molar-refractivity contribution < 1.29 is 18.0 Å². The summed E-state index contributed by atoms with van der Waals surface area (Å²) < 4.78 is 35.6. The molecule has 1 fully saturated rings. The van der Waals surface area contributed by atoms with Crippen molar-refractivity contribution in [3.63, 3.8) is 0 Å². The highest BCUT2D eigenvalue weighted by Gasteiger charge is 2.39. The summed E-state index contributed by atoms with van der Waals surface area (Å²) in [6.07, 6.45) is 1.46. The number of hydrogen-bond donors (Lipinski definition) is 2. The van der Waals surface area contributed by atoms with E-state index in [1.54, 1.807) is 0 Å². The van der Waals surface area contributed by atoms with Gasteiger partial charge >= 0.3 is 5.51 Å². The summed E-state index contributed by atoms with van der Waals surface area (Å²) in [4.78, 5) is 11.9. The number of alkyl halides is 3. The zero-order valence-electron chi connectivity index (χ0n) is 9.69. The Balaban J connectivity index is 2.29. The number of hydrogen-bond acceptors (Lipinski definition) is 3. The summed E-state index contributed by atoms with van der Waals surface area (Å²) in [7, 11) is 0. The molecule has 1 aliphatic heterocycles. The average Bonchev–Trinajstić information content (AvgIpc) is 2.72. The predicted octanol–water partition coefficient (Wildman–Crippen LogP) is 1.75. The predicted molar refractivity (Wildman–Crippen MR) is 61.7 cm³/mol. The molecule has 1 amide bonds. The van der Waals surface area contributed by atoms with Crippen LogP contribution in [0.25, 0.3) is 0 Å². The van der Waals surface area contributed by atoms with Gasteiger partial charge in [-0.05, 0) is 31.1 Å². The highest BCUT2D eigenvalue weighted by molar-refractivity contribution is 8.00. The van der Waals surface area contributed by atoms with Gasteiger partial charge in [0, 0.05) is 18.8 Å². The monoisotopic (exact) mass is 270 g/mol. The largest absolute Gasteiger partial charge is 0.441 e. The van der Waals surface area contributed by atoms with Crippen molar-refractivity contribution in [1.29, 1.82) is 0 Å². The molecule has 0 aromatic heterocycles. The molecule has 7 heteroatoms. The SMILES string of the molecule is CCC1(C(=O)NCCSC(F)(F)F)CCNC1. The first-order valence-corrected chi connectivity index (χ1v) is 6.58. The van der Waals surface area contributed by atoms with Crippen LogP contribution in [0.4, 0.5) is 13.2 Å². The minimum absolute atomic E-state index is 0.0603. The number of nitrogens with one attached hydrogen (secondary N) is 2. The van der Waals surface area contributed by atoms with Gasteiger partial charge in [0.2, 0.25) is 5.91 Å². The van der Waals surface area contributed by atoms with Crippen LogP contribution in [0.3, 0.4) is 0 Å². The standard InChI is InChI=1S/C10H17F3N2OS/c1-2-9(3-4-14-7-9)8(16)15-5-6-17-10(11,12)13/h14H,2-7H2,1H3,(H,15,16). The van der Waals surface area contributed by atoms with Gasteiger partial charge in [0.05, 0.1) is 5.41 Å². The minimum atomic E-state index is -4.22. The van der Waals surface area contributed by atoms with Crippen LogP contribution in [-0.2, 0) is 4.79 Å². The molecule has 1 rings (SSSR count). The minimum Gasteiger partial charge on any atom is -0.355 e. The molecular formula is C10H17F3N2OS. The smallest absolute Gasteiger partial charge is 0.355 e. The fraction of sp³-hybridized carbons (Fsp3) is 0.900. The average molecular weight is 270 g/mol. The van der Waals surface area contributed by atoms with Crippen molar-refractivity contribution in [3.05, 3.63) is 0 Å². The number of amides is 1. The fourth-order valence-corrected chi connectivity index (χ4v) is 2.35. The van der Waals surface area contributed by atoms with Crippen LogP contribution in [0.1, 0.15) is 19.8 Å². The van der Waals surface area contributed by atoms with E-state index in [1.165, 1.54) is 0 Å². The van der Waals surface area contributed by atoms with E-state index in [2.05, 4.69) is 10.6 Å². The molecule has 0 bridgehead atoms. The molecule has 1 unspecified atom stereocenters. The third-order valence-electron chi connectivity index (χ3n) is 3.06. The first-order valence-electron chi connectivity index (χ1n) is 5.59. The Morgan fingerprint density at radius 2 is 2.24 bits per heavy atom. The molecule has 0 spiro atoms. The van der Waals surface area contributed by atoms with Gasteiger partial charge in [-0.25, -0.2) is 0 Å². The number of carbonyl (C=O) groups excluding carboxylic acids is 1. The molecule has 17 heavy (non-hydrogen) atoms. The first-order chi connectivity index (χ1) is 7.90. The molecule has 1 aliphatic rings. The second-order valence-corrected chi connectivity index (χ2v) is 5.27. The van der Waals surface area contributed by atoms with Crippen LogP contribution >= 0.6 is 11.8 Å². The Labute approximate surface area is 103 Å². The second-order valence-electron chi connectivity index (χ2n) is 4.11. The number of rotatable bonds is 5. The summed E-state index contributed by atoms with van der Waals surface area (Å²) in [5.41, 5.74) is -4.65. The van der Waals surface area contributed by atoms with Gasteiger partial charge in [-0.2, -0.15) is 13.2 Å². The fourth-order valence-electron chi connectivity index (χ4n) is 1.92. The number of thioether (sulfide) groups is 1. The lowest BCUT2D eigenvalue weighted by molar-refractivity contribution is -0.130. The van der Waals surface area contributed by atoms with Crippen molar-refractivity contribution in [2.45, 2.75) is 25.3 Å². The summed E-state index contributed by atoms with van der Waals surface area (Å²) in [5, 5.41) is 5.70. The Morgan fingerprint density at radius 1 is 1.53 bits per heavy atom. The van der Waals surface area contributed by atoms with Gasteiger partial charge in [0.1, 0.15) is 0 Å². The lowest BCUT2D eigenvalue weighted by atomic mass is 9.83. The van der Waals surface area contributed by atoms with Gasteiger partial charge in [-0.3, -0.25) is 4.79 Å². The first kappa shape index (κ1) is 14.6. The molecule has 1 atom stereocenters. The maximum atomic E-state index is 11.9. The second kappa shape index (κ2) is 5.95. The van der Waals surface area contributed by atoms with E-state index in [-0.39, 0.29) is 30.0 Å². The van der Waals surface area contributed by atoms with Gasteiger partial charge < -0.3 is 10.6 Å². The summed E-state index contributed by atoms with van der Waals surface area (Å²) in [5.74, 6) is -0.268. The molecule has 0 saturated carbocycles. The maximum absolute atomic E-state index is 11.9. The van der Waals surface area contributed by atoms with Crippen LogP contribution in [0.15, 0.2) is 0 Å². The Bertz CT molecular complexity index is 265. The van der Waals surface area contributed by atoms with Gasteiger partial charge in [-0.15, -0.1) is 0 Å². The highest BCUT2D eigenvalue weighted by atomic mass is 32.2. The molecule has 0 aromatic carbocycles. The Hall–Kier alpha value is -0.430. The molecule has 3 nitrogen and oxygen atoms in total. The molecule has 100 valence electrons. The van der Waals surface area contributed by atoms with E-state index in [1.807, 2.05) is 6.92 Å². The van der Waals surface area contributed by atoms with Crippen molar-refractivity contribution in [3.8, 4) is 0 Å². The molecule has 0 aliphatic carbocycles. The molecule has 1 saturated heterocycles.